The third-order valence-electron chi connectivity index (χ3n) is 3.22. The summed E-state index contributed by atoms with van der Waals surface area (Å²) in [4.78, 5) is 14.1. The summed E-state index contributed by atoms with van der Waals surface area (Å²) in [5.41, 5.74) is 7.89. The summed E-state index contributed by atoms with van der Waals surface area (Å²) in [6.45, 7) is 1.96. The molecule has 0 aliphatic heterocycles. The second-order valence-corrected chi connectivity index (χ2v) is 4.40. The number of rotatable bonds is 4. The van der Waals surface area contributed by atoms with Crippen molar-refractivity contribution in [3.05, 3.63) is 29.5 Å². The number of aryl methyl sites for hydroxylation is 1. The maximum atomic E-state index is 11.0. The van der Waals surface area contributed by atoms with Gasteiger partial charge in [0, 0.05) is 17.6 Å². The van der Waals surface area contributed by atoms with Crippen molar-refractivity contribution in [1.29, 1.82) is 0 Å². The van der Waals surface area contributed by atoms with Gasteiger partial charge in [-0.3, -0.25) is 4.79 Å². The minimum Gasteiger partial charge on any atom is -0.506 e. The number of hydrogen-bond donors (Lipinski definition) is 4. The number of aromatic nitrogens is 1. The van der Waals surface area contributed by atoms with E-state index < -0.39 is 11.9 Å². The first kappa shape index (κ1) is 12.4. The SMILES string of the molecule is Cc1[nH]c2c(O)cccc2c1CC(CN)C(=O)O. The molecule has 5 heteroatoms. The van der Waals surface area contributed by atoms with Crippen LogP contribution in [0.5, 0.6) is 5.75 Å². The van der Waals surface area contributed by atoms with E-state index in [1.807, 2.05) is 13.0 Å². The lowest BCUT2D eigenvalue weighted by Crippen LogP contribution is -2.25. The third-order valence-corrected chi connectivity index (χ3v) is 3.22. The fourth-order valence-electron chi connectivity index (χ4n) is 2.17. The van der Waals surface area contributed by atoms with Crippen LogP contribution >= 0.6 is 0 Å². The first-order chi connectivity index (χ1) is 8.54. The Balaban J connectivity index is 2.47. The molecule has 1 atom stereocenters. The number of fused-ring (bicyclic) bond motifs is 1. The molecule has 0 radical (unpaired) electrons. The standard InChI is InChI=1S/C13H16N2O3/c1-7-10(5-8(6-14)13(17)18)9-3-2-4-11(16)12(9)15-7/h2-4,8,15-16H,5-6,14H2,1H3,(H,17,18). The van der Waals surface area contributed by atoms with Crippen molar-refractivity contribution < 1.29 is 15.0 Å². The Kier molecular flexibility index (Phi) is 3.25. The van der Waals surface area contributed by atoms with Crippen LogP contribution < -0.4 is 5.73 Å². The van der Waals surface area contributed by atoms with E-state index in [1.165, 1.54) is 0 Å². The minimum absolute atomic E-state index is 0.0975. The number of carboxylic acids is 1. The molecule has 96 valence electrons. The molecule has 0 saturated heterocycles. The van der Waals surface area contributed by atoms with Gasteiger partial charge >= 0.3 is 5.97 Å². The molecule has 1 heterocycles. The van der Waals surface area contributed by atoms with Crippen LogP contribution in [0.4, 0.5) is 0 Å². The van der Waals surface area contributed by atoms with Crippen molar-refractivity contribution in [2.75, 3.05) is 6.54 Å². The summed E-state index contributed by atoms with van der Waals surface area (Å²) in [5.74, 6) is -1.34. The number of aliphatic carboxylic acids is 1. The zero-order valence-electron chi connectivity index (χ0n) is 10.1. The Labute approximate surface area is 104 Å². The van der Waals surface area contributed by atoms with Crippen LogP contribution in [-0.4, -0.2) is 27.7 Å². The Morgan fingerprint density at radius 3 is 2.83 bits per heavy atom. The first-order valence-corrected chi connectivity index (χ1v) is 5.76. The summed E-state index contributed by atoms with van der Waals surface area (Å²) in [6, 6.07) is 5.20. The minimum atomic E-state index is -0.897. The summed E-state index contributed by atoms with van der Waals surface area (Å²) in [5, 5.41) is 19.6. The van der Waals surface area contributed by atoms with Gasteiger partial charge in [-0.15, -0.1) is 0 Å². The van der Waals surface area contributed by atoms with Gasteiger partial charge in [0.15, 0.2) is 0 Å². The van der Waals surface area contributed by atoms with Crippen molar-refractivity contribution in [3.63, 3.8) is 0 Å². The molecule has 5 nitrogen and oxygen atoms in total. The van der Waals surface area contributed by atoms with Gasteiger partial charge in [0.2, 0.25) is 0 Å². The summed E-state index contributed by atoms with van der Waals surface area (Å²) >= 11 is 0. The topological polar surface area (TPSA) is 99.3 Å². The quantitative estimate of drug-likeness (QED) is 0.657. The zero-order chi connectivity index (χ0) is 13.3. The molecule has 1 unspecified atom stereocenters. The molecule has 1 aromatic carbocycles. The molecule has 2 aromatic rings. The predicted octanol–water partition coefficient (Wildman–Crippen LogP) is 1.38. The summed E-state index contributed by atoms with van der Waals surface area (Å²) in [7, 11) is 0. The molecule has 0 fully saturated rings. The van der Waals surface area contributed by atoms with E-state index in [4.69, 9.17) is 10.8 Å². The van der Waals surface area contributed by atoms with E-state index in [-0.39, 0.29) is 12.3 Å². The average molecular weight is 248 g/mol. The van der Waals surface area contributed by atoms with Gasteiger partial charge in [-0.1, -0.05) is 12.1 Å². The van der Waals surface area contributed by atoms with E-state index >= 15 is 0 Å². The molecule has 0 bridgehead atoms. The second kappa shape index (κ2) is 4.70. The molecule has 18 heavy (non-hydrogen) atoms. The van der Waals surface area contributed by atoms with Crippen molar-refractivity contribution >= 4 is 16.9 Å². The molecule has 0 saturated carbocycles. The normalized spacial score (nSPS) is 12.8. The number of carbonyl (C=O) groups is 1. The molecule has 2 rings (SSSR count). The van der Waals surface area contributed by atoms with Crippen LogP contribution in [-0.2, 0) is 11.2 Å². The highest BCUT2D eigenvalue weighted by atomic mass is 16.4. The second-order valence-electron chi connectivity index (χ2n) is 4.40. The lowest BCUT2D eigenvalue weighted by Gasteiger charge is -2.09. The number of phenolic OH excluding ortho intramolecular Hbond substituents is 1. The first-order valence-electron chi connectivity index (χ1n) is 5.76. The Morgan fingerprint density at radius 1 is 1.50 bits per heavy atom. The molecule has 0 amide bonds. The lowest BCUT2D eigenvalue weighted by molar-refractivity contribution is -0.141. The van der Waals surface area contributed by atoms with Gasteiger partial charge in [-0.2, -0.15) is 0 Å². The van der Waals surface area contributed by atoms with Crippen molar-refractivity contribution in [2.45, 2.75) is 13.3 Å². The lowest BCUT2D eigenvalue weighted by atomic mass is 9.97. The number of aromatic amines is 1. The number of hydrogen-bond acceptors (Lipinski definition) is 3. The smallest absolute Gasteiger partial charge is 0.308 e. The van der Waals surface area contributed by atoms with Crippen molar-refractivity contribution in [2.24, 2.45) is 11.7 Å². The predicted molar refractivity (Wildman–Crippen MR) is 68.6 cm³/mol. The third kappa shape index (κ3) is 2.04. The van der Waals surface area contributed by atoms with E-state index in [2.05, 4.69) is 4.98 Å². The van der Waals surface area contributed by atoms with E-state index in [0.29, 0.717) is 11.9 Å². The highest BCUT2D eigenvalue weighted by Gasteiger charge is 2.20. The van der Waals surface area contributed by atoms with Gasteiger partial charge in [-0.05, 0) is 25.0 Å². The fraction of sp³-hybridized carbons (Fsp3) is 0.308. The van der Waals surface area contributed by atoms with Crippen LogP contribution in [0.2, 0.25) is 0 Å². The fourth-order valence-corrected chi connectivity index (χ4v) is 2.17. The van der Waals surface area contributed by atoms with Crippen LogP contribution in [0.3, 0.4) is 0 Å². The van der Waals surface area contributed by atoms with Crippen LogP contribution in [0, 0.1) is 12.8 Å². The molecule has 0 aliphatic rings. The van der Waals surface area contributed by atoms with Gasteiger partial charge in [-0.25, -0.2) is 0 Å². The summed E-state index contributed by atoms with van der Waals surface area (Å²) in [6.07, 6.45) is 0.362. The summed E-state index contributed by atoms with van der Waals surface area (Å²) < 4.78 is 0. The van der Waals surface area contributed by atoms with Crippen LogP contribution in [0.15, 0.2) is 18.2 Å². The van der Waals surface area contributed by atoms with Crippen LogP contribution in [0.25, 0.3) is 10.9 Å². The monoisotopic (exact) mass is 248 g/mol. The number of phenols is 1. The Bertz CT molecular complexity index is 589. The maximum absolute atomic E-state index is 11.0. The number of benzene rings is 1. The van der Waals surface area contributed by atoms with Crippen LogP contribution in [0.1, 0.15) is 11.3 Å². The molecule has 1 aromatic heterocycles. The largest absolute Gasteiger partial charge is 0.506 e. The number of nitrogens with two attached hydrogens (primary N) is 1. The number of aromatic hydroxyl groups is 1. The number of para-hydroxylation sites is 1. The number of carboxylic acid groups (broad SMARTS) is 1. The number of H-pyrrole nitrogens is 1. The maximum Gasteiger partial charge on any atom is 0.308 e. The van der Waals surface area contributed by atoms with E-state index in [0.717, 1.165) is 16.6 Å². The van der Waals surface area contributed by atoms with E-state index in [1.54, 1.807) is 12.1 Å². The zero-order valence-corrected chi connectivity index (χ0v) is 10.1. The molecule has 0 spiro atoms. The van der Waals surface area contributed by atoms with E-state index in [9.17, 15) is 9.90 Å². The van der Waals surface area contributed by atoms with Crippen molar-refractivity contribution in [3.8, 4) is 5.75 Å². The molecular weight excluding hydrogens is 232 g/mol. The highest BCUT2D eigenvalue weighted by molar-refractivity contribution is 5.89. The van der Waals surface area contributed by atoms with Gasteiger partial charge in [0.25, 0.3) is 0 Å². The Morgan fingerprint density at radius 2 is 2.22 bits per heavy atom. The molecule has 0 aliphatic carbocycles. The van der Waals surface area contributed by atoms with Gasteiger partial charge < -0.3 is 20.9 Å². The average Bonchev–Trinajstić information content (AvgIpc) is 2.64. The molecular formula is C13H16N2O3. The van der Waals surface area contributed by atoms with Gasteiger partial charge in [0.1, 0.15) is 5.75 Å². The molecule has 5 N–H and O–H groups in total. The Hall–Kier alpha value is -2.01. The number of nitrogens with one attached hydrogen (secondary N) is 1. The van der Waals surface area contributed by atoms with Gasteiger partial charge in [0.05, 0.1) is 11.4 Å². The highest BCUT2D eigenvalue weighted by Crippen LogP contribution is 2.30. The van der Waals surface area contributed by atoms with Crippen molar-refractivity contribution in [1.82, 2.24) is 4.98 Å².